The molecule has 1 saturated heterocycles. The third-order valence-corrected chi connectivity index (χ3v) is 5.70. The van der Waals surface area contributed by atoms with E-state index in [1.165, 1.54) is 16.8 Å². The van der Waals surface area contributed by atoms with Gasteiger partial charge in [0, 0.05) is 30.2 Å². The van der Waals surface area contributed by atoms with Crippen LogP contribution in [0.25, 0.3) is 0 Å². The Morgan fingerprint density at radius 2 is 2.00 bits per heavy atom. The predicted octanol–water partition coefficient (Wildman–Crippen LogP) is 3.27. The number of hydrogen-bond donors (Lipinski definition) is 1. The Kier molecular flexibility index (Phi) is 5.02. The van der Waals surface area contributed by atoms with Crippen LogP contribution in [0.1, 0.15) is 31.4 Å². The monoisotopic (exact) mass is 380 g/mol. The number of rotatable bonds is 5. The number of nitrogens with one attached hydrogen (secondary N) is 1. The van der Waals surface area contributed by atoms with Gasteiger partial charge in [-0.1, -0.05) is 30.3 Å². The van der Waals surface area contributed by atoms with Gasteiger partial charge in [-0.25, -0.2) is 0 Å². The molecule has 1 N–H and O–H groups in total. The van der Waals surface area contributed by atoms with Crippen molar-refractivity contribution in [2.75, 3.05) is 25.2 Å². The largest absolute Gasteiger partial charge is 0.497 e. The van der Waals surface area contributed by atoms with E-state index >= 15 is 0 Å². The normalized spacial score (nSPS) is 23.3. The highest BCUT2D eigenvalue weighted by atomic mass is 16.5. The number of methoxy groups -OCH3 is 1. The number of carbonyl (C=O) groups is 1. The summed E-state index contributed by atoms with van der Waals surface area (Å²) in [6.07, 6.45) is 0.346. The summed E-state index contributed by atoms with van der Waals surface area (Å²) < 4.78 is 11.2. The van der Waals surface area contributed by atoms with Crippen LogP contribution in [0.3, 0.4) is 0 Å². The molecule has 2 aromatic rings. The fraction of sp³-hybridized carbons (Fsp3) is 0.435. The maximum Gasteiger partial charge on any atom is 0.249 e. The number of benzene rings is 2. The molecule has 1 spiro atoms. The second-order valence-corrected chi connectivity index (χ2v) is 8.17. The lowest BCUT2D eigenvalue weighted by atomic mass is 9.80. The lowest BCUT2D eigenvalue weighted by Gasteiger charge is -2.24. The number of hydrogen-bond acceptors (Lipinski definition) is 4. The number of ether oxygens (including phenoxy) is 2. The molecule has 5 heteroatoms. The lowest BCUT2D eigenvalue weighted by Crippen LogP contribution is -2.39. The predicted molar refractivity (Wildman–Crippen MR) is 110 cm³/mol. The van der Waals surface area contributed by atoms with Crippen molar-refractivity contribution < 1.29 is 14.3 Å². The molecular formula is C23H28N2O3. The number of anilines is 1. The van der Waals surface area contributed by atoms with E-state index in [-0.39, 0.29) is 23.5 Å². The zero-order valence-electron chi connectivity index (χ0n) is 16.8. The Hall–Kier alpha value is -2.53. The topological polar surface area (TPSA) is 50.8 Å². The molecule has 0 radical (unpaired) electrons. The smallest absolute Gasteiger partial charge is 0.249 e. The van der Waals surface area contributed by atoms with Crippen molar-refractivity contribution >= 4 is 11.6 Å². The first-order valence-electron chi connectivity index (χ1n) is 9.90. The molecule has 5 nitrogen and oxygen atoms in total. The van der Waals surface area contributed by atoms with Gasteiger partial charge >= 0.3 is 0 Å². The van der Waals surface area contributed by atoms with Gasteiger partial charge in [-0.3, -0.25) is 4.79 Å². The van der Waals surface area contributed by atoms with E-state index in [9.17, 15) is 4.79 Å². The SMILES string of the molecule is COc1ccc(CN2C[C@]3(CO[C@H](C(=O)NC(C)C)C3)c3ccccc32)cc1. The van der Waals surface area contributed by atoms with Crippen LogP contribution in [0.2, 0.25) is 0 Å². The van der Waals surface area contributed by atoms with Crippen molar-refractivity contribution in [3.63, 3.8) is 0 Å². The van der Waals surface area contributed by atoms with Crippen molar-refractivity contribution in [1.29, 1.82) is 0 Å². The second kappa shape index (κ2) is 7.47. The van der Waals surface area contributed by atoms with E-state index < -0.39 is 0 Å². The van der Waals surface area contributed by atoms with Gasteiger partial charge in [-0.2, -0.15) is 0 Å². The van der Waals surface area contributed by atoms with E-state index in [4.69, 9.17) is 9.47 Å². The van der Waals surface area contributed by atoms with E-state index in [0.717, 1.165) is 25.3 Å². The molecule has 0 saturated carbocycles. The van der Waals surface area contributed by atoms with Crippen LogP contribution in [0.15, 0.2) is 48.5 Å². The van der Waals surface area contributed by atoms with Crippen LogP contribution < -0.4 is 15.0 Å². The Balaban J connectivity index is 1.55. The molecule has 2 aliphatic heterocycles. The summed E-state index contributed by atoms with van der Waals surface area (Å²) in [7, 11) is 1.68. The summed E-state index contributed by atoms with van der Waals surface area (Å²) in [5.74, 6) is 0.864. The van der Waals surface area contributed by atoms with Crippen molar-refractivity contribution in [1.82, 2.24) is 5.32 Å². The third kappa shape index (κ3) is 3.47. The third-order valence-electron chi connectivity index (χ3n) is 5.70. The zero-order valence-corrected chi connectivity index (χ0v) is 16.8. The minimum Gasteiger partial charge on any atom is -0.497 e. The molecular weight excluding hydrogens is 352 g/mol. The number of para-hydroxylation sites is 1. The quantitative estimate of drug-likeness (QED) is 0.865. The number of carbonyl (C=O) groups excluding carboxylic acids is 1. The molecule has 2 heterocycles. The van der Waals surface area contributed by atoms with Crippen LogP contribution in [-0.2, 0) is 21.5 Å². The van der Waals surface area contributed by atoms with Crippen molar-refractivity contribution in [2.45, 2.75) is 44.4 Å². The highest BCUT2D eigenvalue weighted by molar-refractivity contribution is 5.82. The molecule has 1 fully saturated rings. The van der Waals surface area contributed by atoms with Gasteiger partial charge in [0.05, 0.1) is 13.7 Å². The molecule has 2 atom stereocenters. The standard InChI is InChI=1S/C23H28N2O3/c1-16(2)24-22(26)21-12-23(15-28-21)14-25(20-7-5-4-6-19(20)23)13-17-8-10-18(27-3)11-9-17/h4-11,16,21H,12-15H2,1-3H3,(H,24,26)/t21-,23+/m0/s1. The Bertz CT molecular complexity index is 849. The van der Waals surface area contributed by atoms with Gasteiger partial charge in [-0.05, 0) is 49.6 Å². The summed E-state index contributed by atoms with van der Waals surface area (Å²) in [6.45, 7) is 6.23. The van der Waals surface area contributed by atoms with Crippen molar-refractivity contribution in [2.24, 2.45) is 0 Å². The molecule has 148 valence electrons. The van der Waals surface area contributed by atoms with Gasteiger partial charge in [0.2, 0.25) is 5.91 Å². The minimum atomic E-state index is -0.378. The van der Waals surface area contributed by atoms with Crippen LogP contribution in [-0.4, -0.2) is 38.3 Å². The Morgan fingerprint density at radius 1 is 1.25 bits per heavy atom. The van der Waals surface area contributed by atoms with E-state index in [0.29, 0.717) is 6.61 Å². The highest BCUT2D eigenvalue weighted by Crippen LogP contribution is 2.47. The van der Waals surface area contributed by atoms with Crippen LogP contribution in [0.4, 0.5) is 5.69 Å². The highest BCUT2D eigenvalue weighted by Gasteiger charge is 2.50. The zero-order chi connectivity index (χ0) is 19.7. The van der Waals surface area contributed by atoms with E-state index in [2.05, 4.69) is 46.6 Å². The molecule has 0 bridgehead atoms. The molecule has 2 aliphatic rings. The first kappa shape index (κ1) is 18.8. The molecule has 0 aromatic heterocycles. The second-order valence-electron chi connectivity index (χ2n) is 8.17. The van der Waals surface area contributed by atoms with Crippen molar-refractivity contribution in [3.8, 4) is 5.75 Å². The summed E-state index contributed by atoms with van der Waals surface area (Å²) in [4.78, 5) is 14.9. The fourth-order valence-corrected chi connectivity index (χ4v) is 4.40. The van der Waals surface area contributed by atoms with Crippen LogP contribution in [0, 0.1) is 0 Å². The lowest BCUT2D eigenvalue weighted by molar-refractivity contribution is -0.130. The molecule has 4 rings (SSSR count). The fourth-order valence-electron chi connectivity index (χ4n) is 4.40. The maximum absolute atomic E-state index is 12.5. The van der Waals surface area contributed by atoms with Gasteiger partial charge in [0.15, 0.2) is 0 Å². The molecule has 2 aromatic carbocycles. The Labute approximate surface area is 166 Å². The summed E-state index contributed by atoms with van der Waals surface area (Å²) in [5, 5.41) is 2.99. The number of amides is 1. The van der Waals surface area contributed by atoms with Crippen LogP contribution in [0.5, 0.6) is 5.75 Å². The molecule has 0 aliphatic carbocycles. The molecule has 1 amide bonds. The Morgan fingerprint density at radius 3 is 2.71 bits per heavy atom. The summed E-state index contributed by atoms with van der Waals surface area (Å²) in [5.41, 5.74) is 3.65. The van der Waals surface area contributed by atoms with Crippen molar-refractivity contribution in [3.05, 3.63) is 59.7 Å². The van der Waals surface area contributed by atoms with Gasteiger partial charge < -0.3 is 19.7 Å². The number of nitrogens with zero attached hydrogens (tertiary/aromatic N) is 1. The summed E-state index contributed by atoms with van der Waals surface area (Å²) >= 11 is 0. The molecule has 28 heavy (non-hydrogen) atoms. The first-order valence-corrected chi connectivity index (χ1v) is 9.90. The average molecular weight is 380 g/mol. The van der Waals surface area contributed by atoms with Gasteiger partial charge in [0.1, 0.15) is 11.9 Å². The minimum absolute atomic E-state index is 0.00189. The van der Waals surface area contributed by atoms with Gasteiger partial charge in [-0.15, -0.1) is 0 Å². The number of fused-ring (bicyclic) bond motifs is 2. The van der Waals surface area contributed by atoms with E-state index in [1.807, 2.05) is 26.0 Å². The first-order chi connectivity index (χ1) is 13.5. The summed E-state index contributed by atoms with van der Waals surface area (Å²) in [6, 6.07) is 16.9. The van der Waals surface area contributed by atoms with Crippen LogP contribution >= 0.6 is 0 Å². The van der Waals surface area contributed by atoms with E-state index in [1.54, 1.807) is 7.11 Å². The maximum atomic E-state index is 12.5. The average Bonchev–Trinajstić information content (AvgIpc) is 3.25. The molecule has 0 unspecified atom stereocenters. The van der Waals surface area contributed by atoms with Gasteiger partial charge in [0.25, 0.3) is 0 Å².